The van der Waals surface area contributed by atoms with Crippen LogP contribution in [0.5, 0.6) is 0 Å². The van der Waals surface area contributed by atoms with Crippen molar-refractivity contribution >= 4 is 49.2 Å². The predicted molar refractivity (Wildman–Crippen MR) is 119 cm³/mol. The fourth-order valence-corrected chi connectivity index (χ4v) is 5.43. The Balaban J connectivity index is 0.000000300. The highest BCUT2D eigenvalue weighted by atomic mass is 35.5. The van der Waals surface area contributed by atoms with Crippen molar-refractivity contribution < 1.29 is 26.7 Å². The molecular weight excluding hydrogens is 471 g/mol. The lowest BCUT2D eigenvalue weighted by Gasteiger charge is -2.10. The number of carbonyl (C=O) groups is 1. The maximum Gasteiger partial charge on any atom is 0.182 e. The van der Waals surface area contributed by atoms with Gasteiger partial charge in [-0.25, -0.2) is 16.8 Å². The van der Waals surface area contributed by atoms with E-state index in [-0.39, 0.29) is 26.4 Å². The highest BCUT2D eigenvalue weighted by molar-refractivity contribution is 7.92. The maximum atomic E-state index is 11.8. The zero-order valence-corrected chi connectivity index (χ0v) is 20.1. The summed E-state index contributed by atoms with van der Waals surface area (Å²) in [5, 5.41) is 8.07. The third kappa shape index (κ3) is 6.28. The lowest BCUT2D eigenvalue weighted by atomic mass is 10.2. The van der Waals surface area contributed by atoms with E-state index in [4.69, 9.17) is 28.3 Å². The molecule has 0 radical (unpaired) electrons. The van der Waals surface area contributed by atoms with Gasteiger partial charge in [0.1, 0.15) is 6.29 Å². The summed E-state index contributed by atoms with van der Waals surface area (Å²) in [6.45, 7) is 6.22. The molecule has 2 aromatic rings. The van der Waals surface area contributed by atoms with Crippen LogP contribution in [-0.2, 0) is 26.3 Å². The summed E-state index contributed by atoms with van der Waals surface area (Å²) in [6.07, 6.45) is 0.623. The molecule has 0 spiro atoms. The van der Waals surface area contributed by atoms with Crippen molar-refractivity contribution in [2.75, 3.05) is 0 Å². The fourth-order valence-electron chi connectivity index (χ4n) is 2.20. The Morgan fingerprint density at radius 2 is 1.27 bits per heavy atom. The van der Waals surface area contributed by atoms with Crippen LogP contribution in [0.15, 0.2) is 46.2 Å². The van der Waals surface area contributed by atoms with Gasteiger partial charge >= 0.3 is 0 Å². The molecule has 30 heavy (non-hydrogen) atoms. The van der Waals surface area contributed by atoms with Gasteiger partial charge in [0.15, 0.2) is 19.7 Å². The molecule has 2 aromatic carbocycles. The number of aliphatic hydroxyl groups excluding tert-OH is 1. The molecule has 2 rings (SSSR count). The fraction of sp³-hybridized carbons (Fsp3) is 0.350. The number of hydrogen-bond acceptors (Lipinski definition) is 6. The summed E-state index contributed by atoms with van der Waals surface area (Å²) >= 11 is 11.6. The number of carbonyl (C=O) groups excluding carboxylic acids is 1. The molecule has 0 heterocycles. The van der Waals surface area contributed by atoms with Crippen molar-refractivity contribution in [3.63, 3.8) is 0 Å². The zero-order valence-electron chi connectivity index (χ0n) is 17.0. The Bertz CT molecular complexity index is 1110. The molecule has 0 aliphatic heterocycles. The first-order valence-electron chi connectivity index (χ1n) is 8.90. The van der Waals surface area contributed by atoms with Crippen molar-refractivity contribution in [1.82, 2.24) is 0 Å². The zero-order chi connectivity index (χ0) is 23.3. The van der Waals surface area contributed by atoms with Crippen LogP contribution < -0.4 is 0 Å². The minimum Gasteiger partial charge on any atom is -0.392 e. The standard InChI is InChI=1S/C10H13ClO3S.C10H11ClO3S/c2*1-7(2)15(13,14)10-4-3-8(6-12)5-9(10)11/h3-5,7,12H,6H2,1-2H3;3-7H,1-2H3. The lowest BCUT2D eigenvalue weighted by molar-refractivity contribution is 0.112. The molecule has 0 aliphatic carbocycles. The average molecular weight is 495 g/mol. The van der Waals surface area contributed by atoms with Crippen LogP contribution in [0.1, 0.15) is 43.6 Å². The van der Waals surface area contributed by atoms with Gasteiger partial charge in [-0.05, 0) is 57.5 Å². The molecule has 0 bridgehead atoms. The summed E-state index contributed by atoms with van der Waals surface area (Å²) in [7, 11) is -6.73. The van der Waals surface area contributed by atoms with E-state index in [1.165, 1.54) is 30.3 Å². The van der Waals surface area contributed by atoms with Gasteiger partial charge in [-0.2, -0.15) is 0 Å². The maximum absolute atomic E-state index is 11.8. The Labute approximate surface area is 187 Å². The number of rotatable bonds is 6. The Morgan fingerprint density at radius 1 is 0.833 bits per heavy atom. The minimum atomic E-state index is -3.38. The molecule has 0 saturated carbocycles. The molecule has 0 amide bonds. The highest BCUT2D eigenvalue weighted by Gasteiger charge is 2.23. The van der Waals surface area contributed by atoms with Crippen molar-refractivity contribution in [1.29, 1.82) is 0 Å². The van der Waals surface area contributed by atoms with Crippen LogP contribution in [0.3, 0.4) is 0 Å². The van der Waals surface area contributed by atoms with Gasteiger partial charge < -0.3 is 5.11 Å². The van der Waals surface area contributed by atoms with E-state index < -0.39 is 30.2 Å². The van der Waals surface area contributed by atoms with E-state index in [0.717, 1.165) is 0 Å². The third-order valence-corrected chi connectivity index (χ3v) is 9.40. The first-order valence-corrected chi connectivity index (χ1v) is 12.8. The Morgan fingerprint density at radius 3 is 1.60 bits per heavy atom. The number of benzene rings is 2. The SMILES string of the molecule is CC(C)S(=O)(=O)c1ccc(C=O)cc1Cl.CC(C)S(=O)(=O)c1ccc(CO)cc1Cl. The van der Waals surface area contributed by atoms with Crippen LogP contribution in [0.25, 0.3) is 0 Å². The van der Waals surface area contributed by atoms with Gasteiger partial charge in [0.25, 0.3) is 0 Å². The van der Waals surface area contributed by atoms with Crippen molar-refractivity contribution in [2.45, 2.75) is 54.6 Å². The summed E-state index contributed by atoms with van der Waals surface area (Å²) in [5.74, 6) is 0. The van der Waals surface area contributed by atoms with E-state index >= 15 is 0 Å². The molecule has 166 valence electrons. The van der Waals surface area contributed by atoms with Gasteiger partial charge in [-0.1, -0.05) is 35.3 Å². The number of aliphatic hydroxyl groups is 1. The first-order chi connectivity index (χ1) is 13.8. The number of hydrogen-bond donors (Lipinski definition) is 1. The molecule has 0 aromatic heterocycles. The van der Waals surface area contributed by atoms with Crippen molar-refractivity contribution in [3.05, 3.63) is 57.6 Å². The molecule has 0 aliphatic rings. The van der Waals surface area contributed by atoms with Crippen LogP contribution in [0, 0.1) is 0 Å². The van der Waals surface area contributed by atoms with Crippen LogP contribution >= 0.6 is 23.2 Å². The largest absolute Gasteiger partial charge is 0.392 e. The van der Waals surface area contributed by atoms with Gasteiger partial charge in [0.2, 0.25) is 0 Å². The van der Waals surface area contributed by atoms with Gasteiger partial charge in [0.05, 0.1) is 36.9 Å². The summed E-state index contributed by atoms with van der Waals surface area (Å²) < 4.78 is 47.2. The Kier molecular flexibility index (Phi) is 9.51. The number of aldehydes is 1. The third-order valence-electron chi connectivity index (χ3n) is 4.13. The first kappa shape index (κ1) is 26.6. The second-order valence-corrected chi connectivity index (χ2v) is 12.7. The lowest BCUT2D eigenvalue weighted by Crippen LogP contribution is -2.14. The van der Waals surface area contributed by atoms with E-state index in [2.05, 4.69) is 0 Å². The summed E-state index contributed by atoms with van der Waals surface area (Å²) in [5.41, 5.74) is 0.963. The molecule has 1 N–H and O–H groups in total. The molecule has 0 unspecified atom stereocenters. The second-order valence-electron chi connectivity index (χ2n) is 6.92. The van der Waals surface area contributed by atoms with E-state index in [1.54, 1.807) is 33.8 Å². The monoisotopic (exact) mass is 494 g/mol. The van der Waals surface area contributed by atoms with E-state index in [1.807, 2.05) is 0 Å². The van der Waals surface area contributed by atoms with Crippen molar-refractivity contribution in [3.8, 4) is 0 Å². The average Bonchev–Trinajstić information content (AvgIpc) is 2.67. The van der Waals surface area contributed by atoms with E-state index in [0.29, 0.717) is 17.4 Å². The molecule has 0 atom stereocenters. The predicted octanol–water partition coefficient (Wildman–Crippen LogP) is 4.35. The molecule has 0 saturated heterocycles. The van der Waals surface area contributed by atoms with E-state index in [9.17, 15) is 21.6 Å². The van der Waals surface area contributed by atoms with Crippen molar-refractivity contribution in [2.24, 2.45) is 0 Å². The Hall–Kier alpha value is -1.45. The molecular formula is C20H24Cl2O6S2. The topological polar surface area (TPSA) is 106 Å². The van der Waals surface area contributed by atoms with Gasteiger partial charge in [-0.15, -0.1) is 0 Å². The number of halogens is 2. The van der Waals surface area contributed by atoms with Crippen LogP contribution in [-0.4, -0.2) is 38.7 Å². The minimum absolute atomic E-state index is 0.0739. The second kappa shape index (κ2) is 10.7. The normalized spacial score (nSPS) is 11.9. The van der Waals surface area contributed by atoms with Gasteiger partial charge in [-0.3, -0.25) is 4.79 Å². The molecule has 10 heteroatoms. The molecule has 6 nitrogen and oxygen atoms in total. The quantitative estimate of drug-likeness (QED) is 0.598. The van der Waals surface area contributed by atoms with Crippen LogP contribution in [0.4, 0.5) is 0 Å². The molecule has 0 fully saturated rings. The summed E-state index contributed by atoms with van der Waals surface area (Å²) in [4.78, 5) is 10.6. The highest BCUT2D eigenvalue weighted by Crippen LogP contribution is 2.26. The smallest absolute Gasteiger partial charge is 0.182 e. The van der Waals surface area contributed by atoms with Gasteiger partial charge in [0, 0.05) is 5.56 Å². The van der Waals surface area contributed by atoms with Crippen LogP contribution in [0.2, 0.25) is 10.0 Å². The summed E-state index contributed by atoms with van der Waals surface area (Å²) in [6, 6.07) is 8.61. The number of sulfone groups is 2.